The standard InChI is InChI=1S/C19H19NO4/c21-17-9-20(10-18(17)22)19(23)24-11-16-14-7-3-1-5-12(14)13-6-2-4-8-15(13)16/h1-8,16-18,21-22H,9-11H2/t17-,18-/m1/s1. The van der Waals surface area contributed by atoms with Gasteiger partial charge in [-0.25, -0.2) is 4.79 Å². The summed E-state index contributed by atoms with van der Waals surface area (Å²) in [7, 11) is 0. The maximum Gasteiger partial charge on any atom is 0.409 e. The molecule has 0 saturated carbocycles. The number of carbonyl (C=O) groups is 1. The molecule has 1 aliphatic heterocycles. The lowest BCUT2D eigenvalue weighted by atomic mass is 9.98. The summed E-state index contributed by atoms with van der Waals surface area (Å²) in [5.41, 5.74) is 4.68. The van der Waals surface area contributed by atoms with Crippen LogP contribution in [0.15, 0.2) is 48.5 Å². The number of rotatable bonds is 2. The van der Waals surface area contributed by atoms with Gasteiger partial charge in [-0.3, -0.25) is 0 Å². The zero-order valence-electron chi connectivity index (χ0n) is 13.1. The normalized spacial score (nSPS) is 22.3. The SMILES string of the molecule is O=C(OCC1c2ccccc2-c2ccccc21)N1C[C@@H](O)[C@H](O)C1. The summed E-state index contributed by atoms with van der Waals surface area (Å²) in [6.45, 7) is 0.464. The maximum atomic E-state index is 12.2. The molecule has 5 nitrogen and oxygen atoms in total. The summed E-state index contributed by atoms with van der Waals surface area (Å²) < 4.78 is 5.49. The summed E-state index contributed by atoms with van der Waals surface area (Å²) in [5, 5.41) is 19.1. The highest BCUT2D eigenvalue weighted by Crippen LogP contribution is 2.44. The largest absolute Gasteiger partial charge is 0.448 e. The van der Waals surface area contributed by atoms with Gasteiger partial charge in [0.05, 0.1) is 25.3 Å². The molecule has 0 aromatic heterocycles. The average molecular weight is 325 g/mol. The van der Waals surface area contributed by atoms with Gasteiger partial charge in [-0.05, 0) is 22.3 Å². The fourth-order valence-corrected chi connectivity index (χ4v) is 3.60. The number of fused-ring (bicyclic) bond motifs is 3. The number of ether oxygens (including phenoxy) is 1. The summed E-state index contributed by atoms with van der Waals surface area (Å²) in [6.07, 6.45) is -2.29. The van der Waals surface area contributed by atoms with Gasteiger partial charge in [-0.1, -0.05) is 48.5 Å². The molecule has 1 saturated heterocycles. The Balaban J connectivity index is 1.52. The van der Waals surface area contributed by atoms with Crippen molar-refractivity contribution in [3.63, 3.8) is 0 Å². The number of likely N-dealkylation sites (tertiary alicyclic amines) is 1. The van der Waals surface area contributed by atoms with Gasteiger partial charge < -0.3 is 19.8 Å². The predicted octanol–water partition coefficient (Wildman–Crippen LogP) is 1.97. The van der Waals surface area contributed by atoms with Crippen LogP contribution in [0.4, 0.5) is 4.79 Å². The minimum atomic E-state index is -0.898. The first-order valence-corrected chi connectivity index (χ1v) is 8.11. The van der Waals surface area contributed by atoms with Crippen LogP contribution < -0.4 is 0 Å². The second kappa shape index (κ2) is 5.92. The zero-order chi connectivity index (χ0) is 16.7. The van der Waals surface area contributed by atoms with Crippen molar-refractivity contribution in [2.45, 2.75) is 18.1 Å². The second-order valence-electron chi connectivity index (χ2n) is 6.34. The number of carbonyl (C=O) groups excluding carboxylic acids is 1. The van der Waals surface area contributed by atoms with Crippen LogP contribution in [0.1, 0.15) is 17.0 Å². The van der Waals surface area contributed by atoms with Crippen LogP contribution in [0.5, 0.6) is 0 Å². The van der Waals surface area contributed by atoms with E-state index in [4.69, 9.17) is 4.74 Å². The highest BCUT2D eigenvalue weighted by molar-refractivity contribution is 5.79. The van der Waals surface area contributed by atoms with Gasteiger partial charge in [0, 0.05) is 5.92 Å². The lowest BCUT2D eigenvalue weighted by molar-refractivity contribution is 0.0572. The van der Waals surface area contributed by atoms with Gasteiger partial charge in [-0.15, -0.1) is 0 Å². The number of aliphatic hydroxyl groups is 2. The van der Waals surface area contributed by atoms with Crippen molar-refractivity contribution in [1.29, 1.82) is 0 Å². The third-order valence-corrected chi connectivity index (χ3v) is 4.85. The smallest absolute Gasteiger partial charge is 0.409 e. The van der Waals surface area contributed by atoms with E-state index in [0.717, 1.165) is 11.1 Å². The highest BCUT2D eigenvalue weighted by Gasteiger charge is 2.35. The van der Waals surface area contributed by atoms with Crippen LogP contribution >= 0.6 is 0 Å². The van der Waals surface area contributed by atoms with Crippen LogP contribution in [-0.4, -0.2) is 53.1 Å². The van der Waals surface area contributed by atoms with Crippen LogP contribution in [0.2, 0.25) is 0 Å². The van der Waals surface area contributed by atoms with E-state index in [2.05, 4.69) is 24.3 Å². The summed E-state index contributed by atoms with van der Waals surface area (Å²) in [4.78, 5) is 13.5. The highest BCUT2D eigenvalue weighted by atomic mass is 16.6. The molecule has 0 unspecified atom stereocenters. The Labute approximate surface area is 140 Å². The number of amides is 1. The predicted molar refractivity (Wildman–Crippen MR) is 88.7 cm³/mol. The first-order chi connectivity index (χ1) is 11.6. The van der Waals surface area contributed by atoms with Crippen LogP contribution in [0, 0.1) is 0 Å². The van der Waals surface area contributed by atoms with Gasteiger partial charge >= 0.3 is 6.09 Å². The van der Waals surface area contributed by atoms with Gasteiger partial charge in [0.15, 0.2) is 0 Å². The zero-order valence-corrected chi connectivity index (χ0v) is 13.1. The molecule has 0 bridgehead atoms. The van der Waals surface area contributed by atoms with E-state index < -0.39 is 18.3 Å². The Morgan fingerprint density at radius 2 is 1.46 bits per heavy atom. The molecule has 2 N–H and O–H groups in total. The van der Waals surface area contributed by atoms with Gasteiger partial charge in [0.1, 0.15) is 6.61 Å². The lowest BCUT2D eigenvalue weighted by Gasteiger charge is -2.18. The van der Waals surface area contributed by atoms with Crippen LogP contribution in [0.3, 0.4) is 0 Å². The fraction of sp³-hybridized carbons (Fsp3) is 0.316. The topological polar surface area (TPSA) is 70.0 Å². The van der Waals surface area contributed by atoms with E-state index in [9.17, 15) is 15.0 Å². The Bertz CT molecular complexity index is 720. The third kappa shape index (κ3) is 2.46. The first kappa shape index (κ1) is 15.2. The van der Waals surface area contributed by atoms with Crippen molar-refractivity contribution < 1.29 is 19.7 Å². The fourth-order valence-electron chi connectivity index (χ4n) is 3.60. The molecule has 2 aliphatic rings. The number of hydrogen-bond acceptors (Lipinski definition) is 4. The molecular formula is C19H19NO4. The molecule has 5 heteroatoms. The molecule has 1 amide bonds. The summed E-state index contributed by atoms with van der Waals surface area (Å²) in [5.74, 6) is 0.0128. The van der Waals surface area contributed by atoms with Gasteiger partial charge in [0.2, 0.25) is 0 Å². The molecule has 1 heterocycles. The molecule has 2 aromatic rings. The molecule has 2 aromatic carbocycles. The second-order valence-corrected chi connectivity index (χ2v) is 6.34. The number of aliphatic hydroxyl groups excluding tert-OH is 2. The molecule has 1 aliphatic carbocycles. The van der Waals surface area contributed by atoms with E-state index in [0.29, 0.717) is 0 Å². The van der Waals surface area contributed by atoms with Crippen molar-refractivity contribution in [3.8, 4) is 11.1 Å². The number of hydrogen-bond donors (Lipinski definition) is 2. The summed E-state index contributed by atoms with van der Waals surface area (Å²) >= 11 is 0. The molecule has 0 radical (unpaired) electrons. The Morgan fingerprint density at radius 3 is 2.00 bits per heavy atom. The Morgan fingerprint density at radius 1 is 0.958 bits per heavy atom. The molecule has 4 rings (SSSR count). The van der Waals surface area contributed by atoms with Gasteiger partial charge in [-0.2, -0.15) is 0 Å². The molecule has 0 spiro atoms. The number of benzene rings is 2. The number of nitrogens with zero attached hydrogens (tertiary/aromatic N) is 1. The van der Waals surface area contributed by atoms with Crippen molar-refractivity contribution in [1.82, 2.24) is 4.90 Å². The van der Waals surface area contributed by atoms with E-state index in [1.54, 1.807) is 0 Å². The van der Waals surface area contributed by atoms with Gasteiger partial charge in [0.25, 0.3) is 0 Å². The number of β-amino-alcohol motifs (C(OH)–C–C–N with tert-alkyl or cyclic N) is 2. The lowest BCUT2D eigenvalue weighted by Crippen LogP contribution is -2.31. The quantitative estimate of drug-likeness (QED) is 0.886. The molecule has 24 heavy (non-hydrogen) atoms. The molecule has 2 atom stereocenters. The maximum absolute atomic E-state index is 12.2. The molecule has 1 fully saturated rings. The Kier molecular flexibility index (Phi) is 3.75. The van der Waals surface area contributed by atoms with Crippen molar-refractivity contribution >= 4 is 6.09 Å². The van der Waals surface area contributed by atoms with E-state index in [-0.39, 0.29) is 25.6 Å². The van der Waals surface area contributed by atoms with E-state index in [1.807, 2.05) is 24.3 Å². The molecule has 124 valence electrons. The van der Waals surface area contributed by atoms with Crippen molar-refractivity contribution in [2.75, 3.05) is 19.7 Å². The minimum absolute atomic E-state index is 0.0128. The van der Waals surface area contributed by atoms with E-state index in [1.165, 1.54) is 16.0 Å². The molecular weight excluding hydrogens is 306 g/mol. The van der Waals surface area contributed by atoms with E-state index >= 15 is 0 Å². The van der Waals surface area contributed by atoms with Crippen LogP contribution in [0.25, 0.3) is 11.1 Å². The minimum Gasteiger partial charge on any atom is -0.448 e. The summed E-state index contributed by atoms with van der Waals surface area (Å²) in [6, 6.07) is 16.3. The average Bonchev–Trinajstić information content (AvgIpc) is 3.11. The van der Waals surface area contributed by atoms with Crippen molar-refractivity contribution in [2.24, 2.45) is 0 Å². The Hall–Kier alpha value is -2.37. The van der Waals surface area contributed by atoms with Crippen molar-refractivity contribution in [3.05, 3.63) is 59.7 Å². The third-order valence-electron chi connectivity index (χ3n) is 4.85. The monoisotopic (exact) mass is 325 g/mol. The first-order valence-electron chi connectivity index (χ1n) is 8.11. The van der Waals surface area contributed by atoms with Crippen LogP contribution in [-0.2, 0) is 4.74 Å².